The van der Waals surface area contributed by atoms with Gasteiger partial charge in [0.05, 0.1) is 12.7 Å². The number of hydrogen-bond acceptors (Lipinski definition) is 3. The van der Waals surface area contributed by atoms with E-state index < -0.39 is 0 Å². The lowest BCUT2D eigenvalue weighted by Gasteiger charge is -2.11. The summed E-state index contributed by atoms with van der Waals surface area (Å²) < 4.78 is 6.87. The number of aryl methyl sites for hydroxylation is 1. The summed E-state index contributed by atoms with van der Waals surface area (Å²) in [6.07, 6.45) is 0. The Bertz CT molecular complexity index is 684. The molecule has 0 saturated heterocycles. The highest BCUT2D eigenvalue weighted by molar-refractivity contribution is 9.11. The van der Waals surface area contributed by atoms with E-state index in [1.54, 1.807) is 24.3 Å². The summed E-state index contributed by atoms with van der Waals surface area (Å²) in [6.45, 7) is 1.97. The predicted octanol–water partition coefficient (Wildman–Crippen LogP) is 4.34. The average molecular weight is 399 g/mol. The fourth-order valence-corrected chi connectivity index (χ4v) is 2.84. The summed E-state index contributed by atoms with van der Waals surface area (Å²) in [5, 5.41) is 0. The van der Waals surface area contributed by atoms with Crippen LogP contribution in [0.25, 0.3) is 0 Å². The Labute approximate surface area is 134 Å². The highest BCUT2D eigenvalue weighted by Crippen LogP contribution is 2.30. The Morgan fingerprint density at radius 2 is 1.80 bits per heavy atom. The molecule has 0 spiro atoms. The molecule has 2 aromatic rings. The molecular weight excluding hydrogens is 386 g/mol. The molecule has 0 atom stereocenters. The second-order valence-corrected chi connectivity index (χ2v) is 6.08. The third-order valence-electron chi connectivity index (χ3n) is 2.96. The molecule has 104 valence electrons. The van der Waals surface area contributed by atoms with Crippen LogP contribution in [0.4, 0.5) is 5.69 Å². The van der Waals surface area contributed by atoms with E-state index >= 15 is 0 Å². The zero-order chi connectivity index (χ0) is 14.9. The molecule has 0 aliphatic heterocycles. The minimum Gasteiger partial charge on any atom is -0.496 e. The van der Waals surface area contributed by atoms with Gasteiger partial charge in [-0.1, -0.05) is 31.9 Å². The normalized spacial score (nSPS) is 10.4. The van der Waals surface area contributed by atoms with Crippen molar-refractivity contribution in [3.8, 4) is 5.75 Å². The number of rotatable bonds is 3. The van der Waals surface area contributed by atoms with Gasteiger partial charge in [0.1, 0.15) is 5.75 Å². The van der Waals surface area contributed by atoms with Crippen molar-refractivity contribution in [1.29, 1.82) is 0 Å². The molecular formula is C15H13Br2NO2. The lowest BCUT2D eigenvalue weighted by molar-refractivity contribution is 0.103. The summed E-state index contributed by atoms with van der Waals surface area (Å²) in [6, 6.07) is 8.71. The minimum atomic E-state index is -0.116. The standard InChI is InChI=1S/C15H13Br2NO2/c1-8-5-13(17)11(7-12(8)16)15(19)10-4-3-9(18)6-14(10)20-2/h3-7H,18H2,1-2H3. The number of nitrogen functional groups attached to an aromatic ring is 1. The molecule has 0 saturated carbocycles. The fraction of sp³-hybridized carbons (Fsp3) is 0.133. The number of benzene rings is 2. The minimum absolute atomic E-state index is 0.116. The molecule has 0 unspecified atom stereocenters. The molecule has 5 heteroatoms. The Morgan fingerprint density at radius 1 is 1.10 bits per heavy atom. The lowest BCUT2D eigenvalue weighted by atomic mass is 10.0. The maximum absolute atomic E-state index is 12.7. The molecule has 0 amide bonds. The van der Waals surface area contributed by atoms with Crippen LogP contribution in [0.5, 0.6) is 5.75 Å². The molecule has 2 aromatic carbocycles. The van der Waals surface area contributed by atoms with Crippen molar-refractivity contribution < 1.29 is 9.53 Å². The van der Waals surface area contributed by atoms with E-state index in [1.807, 2.05) is 13.0 Å². The van der Waals surface area contributed by atoms with Crippen molar-refractivity contribution in [3.05, 3.63) is 56.0 Å². The Balaban J connectivity index is 2.54. The second-order valence-electron chi connectivity index (χ2n) is 4.37. The lowest BCUT2D eigenvalue weighted by Crippen LogP contribution is -2.06. The van der Waals surface area contributed by atoms with E-state index in [1.165, 1.54) is 7.11 Å². The van der Waals surface area contributed by atoms with Gasteiger partial charge in [-0.15, -0.1) is 0 Å². The quantitative estimate of drug-likeness (QED) is 0.617. The topological polar surface area (TPSA) is 52.3 Å². The molecule has 0 aliphatic rings. The first-order valence-electron chi connectivity index (χ1n) is 5.88. The van der Waals surface area contributed by atoms with Gasteiger partial charge in [0, 0.05) is 26.3 Å². The summed E-state index contributed by atoms with van der Waals surface area (Å²) in [5.41, 5.74) is 8.38. The van der Waals surface area contributed by atoms with Crippen LogP contribution in [0.3, 0.4) is 0 Å². The summed E-state index contributed by atoms with van der Waals surface area (Å²) in [7, 11) is 1.52. The van der Waals surface area contributed by atoms with Gasteiger partial charge < -0.3 is 10.5 Å². The summed E-state index contributed by atoms with van der Waals surface area (Å²) >= 11 is 6.88. The number of carbonyl (C=O) groups is 1. The van der Waals surface area contributed by atoms with Crippen LogP contribution in [0.1, 0.15) is 21.5 Å². The summed E-state index contributed by atoms with van der Waals surface area (Å²) in [5.74, 6) is 0.355. The second kappa shape index (κ2) is 5.97. The van der Waals surface area contributed by atoms with Gasteiger partial charge in [0.2, 0.25) is 0 Å². The number of halogens is 2. The van der Waals surface area contributed by atoms with Crippen molar-refractivity contribution in [1.82, 2.24) is 0 Å². The molecule has 0 fully saturated rings. The first-order valence-corrected chi connectivity index (χ1v) is 7.46. The maximum Gasteiger partial charge on any atom is 0.197 e. The first-order chi connectivity index (χ1) is 9.43. The number of ether oxygens (including phenoxy) is 1. The summed E-state index contributed by atoms with van der Waals surface area (Å²) in [4.78, 5) is 12.7. The molecule has 20 heavy (non-hydrogen) atoms. The number of nitrogens with two attached hydrogens (primary N) is 1. The first kappa shape index (κ1) is 15.1. The van der Waals surface area contributed by atoms with Crippen LogP contribution in [-0.4, -0.2) is 12.9 Å². The van der Waals surface area contributed by atoms with Gasteiger partial charge in [-0.05, 0) is 36.8 Å². The molecule has 0 bridgehead atoms. The van der Waals surface area contributed by atoms with Crippen molar-refractivity contribution in [2.24, 2.45) is 0 Å². The van der Waals surface area contributed by atoms with E-state index in [0.29, 0.717) is 22.6 Å². The Kier molecular flexibility index (Phi) is 4.50. The Hall–Kier alpha value is -1.33. The number of carbonyl (C=O) groups excluding carboxylic acids is 1. The highest BCUT2D eigenvalue weighted by atomic mass is 79.9. The molecule has 0 aliphatic carbocycles. The Morgan fingerprint density at radius 3 is 2.45 bits per heavy atom. The molecule has 3 nitrogen and oxygen atoms in total. The van der Waals surface area contributed by atoms with E-state index in [0.717, 1.165) is 14.5 Å². The number of anilines is 1. The van der Waals surface area contributed by atoms with Crippen LogP contribution < -0.4 is 10.5 Å². The van der Waals surface area contributed by atoms with E-state index in [-0.39, 0.29) is 5.78 Å². The third-order valence-corrected chi connectivity index (χ3v) is 4.47. The molecule has 0 heterocycles. The van der Waals surface area contributed by atoms with E-state index in [4.69, 9.17) is 10.5 Å². The van der Waals surface area contributed by atoms with Crippen molar-refractivity contribution >= 4 is 43.3 Å². The van der Waals surface area contributed by atoms with Crippen LogP contribution >= 0.6 is 31.9 Å². The van der Waals surface area contributed by atoms with Gasteiger partial charge in [0.15, 0.2) is 5.78 Å². The number of ketones is 1. The fourth-order valence-electron chi connectivity index (χ4n) is 1.86. The highest BCUT2D eigenvalue weighted by Gasteiger charge is 2.18. The molecule has 0 aromatic heterocycles. The smallest absolute Gasteiger partial charge is 0.197 e. The van der Waals surface area contributed by atoms with Gasteiger partial charge in [-0.2, -0.15) is 0 Å². The monoisotopic (exact) mass is 397 g/mol. The van der Waals surface area contributed by atoms with E-state index in [2.05, 4.69) is 31.9 Å². The number of hydrogen-bond donors (Lipinski definition) is 1. The largest absolute Gasteiger partial charge is 0.496 e. The van der Waals surface area contributed by atoms with Crippen LogP contribution in [-0.2, 0) is 0 Å². The zero-order valence-corrected chi connectivity index (χ0v) is 14.2. The maximum atomic E-state index is 12.7. The van der Waals surface area contributed by atoms with Crippen LogP contribution in [0, 0.1) is 6.92 Å². The third kappa shape index (κ3) is 2.88. The van der Waals surface area contributed by atoms with Gasteiger partial charge in [-0.25, -0.2) is 0 Å². The van der Waals surface area contributed by atoms with Gasteiger partial charge in [-0.3, -0.25) is 4.79 Å². The van der Waals surface area contributed by atoms with E-state index in [9.17, 15) is 4.79 Å². The average Bonchev–Trinajstić information content (AvgIpc) is 2.42. The van der Waals surface area contributed by atoms with Crippen molar-refractivity contribution in [2.45, 2.75) is 6.92 Å². The van der Waals surface area contributed by atoms with Gasteiger partial charge in [0.25, 0.3) is 0 Å². The number of methoxy groups -OCH3 is 1. The van der Waals surface area contributed by atoms with Crippen LogP contribution in [0.2, 0.25) is 0 Å². The zero-order valence-electron chi connectivity index (χ0n) is 11.0. The molecule has 2 N–H and O–H groups in total. The predicted molar refractivity (Wildman–Crippen MR) is 87.4 cm³/mol. The van der Waals surface area contributed by atoms with Crippen LogP contribution in [0.15, 0.2) is 39.3 Å². The van der Waals surface area contributed by atoms with Gasteiger partial charge >= 0.3 is 0 Å². The van der Waals surface area contributed by atoms with Crippen molar-refractivity contribution in [3.63, 3.8) is 0 Å². The SMILES string of the molecule is COc1cc(N)ccc1C(=O)c1cc(Br)c(C)cc1Br. The molecule has 2 rings (SSSR count). The molecule has 0 radical (unpaired) electrons. The van der Waals surface area contributed by atoms with Crippen molar-refractivity contribution in [2.75, 3.05) is 12.8 Å².